The van der Waals surface area contributed by atoms with Gasteiger partial charge in [0.05, 0.1) is 5.75 Å². The smallest absolute Gasteiger partial charge is 0.138 e. The van der Waals surface area contributed by atoms with Crippen LogP contribution in [0.15, 0.2) is 35.4 Å². The molecule has 1 aromatic carbocycles. The van der Waals surface area contributed by atoms with Crippen LogP contribution >= 0.6 is 23.4 Å². The normalized spacial score (nSPS) is 12.4. The van der Waals surface area contributed by atoms with Gasteiger partial charge in [-0.15, -0.1) is 11.8 Å². The Morgan fingerprint density at radius 2 is 2.00 bits per heavy atom. The van der Waals surface area contributed by atoms with Crippen LogP contribution < -0.4 is 5.73 Å². The standard InChI is InChI=1S/C14H16ClN3S/c1-9(16)13-7-17-14(18-10(13)2)8-19-12-5-3-11(15)4-6-12/h3-7,9H,8,16H2,1-2H3. The van der Waals surface area contributed by atoms with E-state index in [1.165, 1.54) is 0 Å². The van der Waals surface area contributed by atoms with Crippen molar-refractivity contribution >= 4 is 23.4 Å². The molecule has 0 aliphatic heterocycles. The van der Waals surface area contributed by atoms with Gasteiger partial charge in [0.15, 0.2) is 0 Å². The molecule has 0 spiro atoms. The third-order valence-electron chi connectivity index (χ3n) is 2.74. The fraction of sp³-hybridized carbons (Fsp3) is 0.286. The molecule has 1 unspecified atom stereocenters. The number of halogens is 1. The Hall–Kier alpha value is -1.10. The molecule has 0 radical (unpaired) electrons. The molecule has 0 aliphatic carbocycles. The summed E-state index contributed by atoms with van der Waals surface area (Å²) in [5, 5.41) is 0.748. The van der Waals surface area contributed by atoms with Gasteiger partial charge in [-0.3, -0.25) is 0 Å². The van der Waals surface area contributed by atoms with Crippen LogP contribution in [-0.4, -0.2) is 9.97 Å². The zero-order chi connectivity index (χ0) is 13.8. The zero-order valence-electron chi connectivity index (χ0n) is 10.9. The molecular weight excluding hydrogens is 278 g/mol. The van der Waals surface area contributed by atoms with E-state index in [0.29, 0.717) is 0 Å². The molecule has 0 saturated carbocycles. The van der Waals surface area contributed by atoms with E-state index in [2.05, 4.69) is 9.97 Å². The Morgan fingerprint density at radius 1 is 1.32 bits per heavy atom. The number of aryl methyl sites for hydroxylation is 1. The number of rotatable bonds is 4. The second-order valence-electron chi connectivity index (χ2n) is 4.36. The molecule has 1 heterocycles. The molecule has 1 atom stereocenters. The number of nitrogens with two attached hydrogens (primary N) is 1. The van der Waals surface area contributed by atoms with Crippen molar-refractivity contribution in [1.82, 2.24) is 9.97 Å². The highest BCUT2D eigenvalue weighted by Gasteiger charge is 2.07. The van der Waals surface area contributed by atoms with Crippen molar-refractivity contribution in [1.29, 1.82) is 0 Å². The van der Waals surface area contributed by atoms with Crippen LogP contribution in [0.25, 0.3) is 0 Å². The van der Waals surface area contributed by atoms with Crippen molar-refractivity contribution in [3.63, 3.8) is 0 Å². The molecule has 1 aromatic heterocycles. The van der Waals surface area contributed by atoms with Crippen LogP contribution in [0.4, 0.5) is 0 Å². The van der Waals surface area contributed by atoms with E-state index in [1.54, 1.807) is 11.8 Å². The number of benzene rings is 1. The molecule has 100 valence electrons. The first-order valence-electron chi connectivity index (χ1n) is 6.02. The molecule has 19 heavy (non-hydrogen) atoms. The minimum absolute atomic E-state index is 0.0297. The molecule has 3 nitrogen and oxygen atoms in total. The first-order chi connectivity index (χ1) is 9.06. The highest BCUT2D eigenvalue weighted by Crippen LogP contribution is 2.23. The Bertz CT molecular complexity index is 555. The molecule has 0 bridgehead atoms. The first-order valence-corrected chi connectivity index (χ1v) is 7.39. The Labute approximate surface area is 122 Å². The van der Waals surface area contributed by atoms with Crippen molar-refractivity contribution in [3.8, 4) is 0 Å². The van der Waals surface area contributed by atoms with Gasteiger partial charge in [0.1, 0.15) is 5.82 Å². The first kappa shape index (κ1) is 14.3. The number of aromatic nitrogens is 2. The van der Waals surface area contributed by atoms with E-state index < -0.39 is 0 Å². The molecule has 5 heteroatoms. The van der Waals surface area contributed by atoms with E-state index in [4.69, 9.17) is 17.3 Å². The van der Waals surface area contributed by atoms with Crippen molar-refractivity contribution in [2.75, 3.05) is 0 Å². The van der Waals surface area contributed by atoms with Crippen molar-refractivity contribution in [2.45, 2.75) is 30.5 Å². The van der Waals surface area contributed by atoms with E-state index in [0.717, 1.165) is 32.8 Å². The average molecular weight is 294 g/mol. The van der Waals surface area contributed by atoms with Crippen molar-refractivity contribution in [2.24, 2.45) is 5.73 Å². The monoisotopic (exact) mass is 293 g/mol. The summed E-state index contributed by atoms with van der Waals surface area (Å²) in [5.41, 5.74) is 7.80. The minimum Gasteiger partial charge on any atom is -0.324 e. The molecular formula is C14H16ClN3S. The second kappa shape index (κ2) is 6.37. The van der Waals surface area contributed by atoms with Crippen LogP contribution in [0, 0.1) is 6.92 Å². The van der Waals surface area contributed by atoms with E-state index in [1.807, 2.05) is 44.3 Å². The quantitative estimate of drug-likeness (QED) is 0.872. The summed E-state index contributed by atoms with van der Waals surface area (Å²) < 4.78 is 0. The van der Waals surface area contributed by atoms with E-state index in [-0.39, 0.29) is 6.04 Å². The summed E-state index contributed by atoms with van der Waals surface area (Å²) in [6.07, 6.45) is 1.82. The molecule has 2 rings (SSSR count). The van der Waals surface area contributed by atoms with E-state index in [9.17, 15) is 0 Å². The number of hydrogen-bond donors (Lipinski definition) is 1. The summed E-state index contributed by atoms with van der Waals surface area (Å²) >= 11 is 7.54. The van der Waals surface area contributed by atoms with Gasteiger partial charge in [0.2, 0.25) is 0 Å². The fourth-order valence-electron chi connectivity index (χ4n) is 1.72. The lowest BCUT2D eigenvalue weighted by molar-refractivity contribution is 0.781. The Morgan fingerprint density at radius 3 is 2.58 bits per heavy atom. The van der Waals surface area contributed by atoms with Crippen LogP contribution in [-0.2, 0) is 5.75 Å². The van der Waals surface area contributed by atoms with Gasteiger partial charge in [-0.25, -0.2) is 9.97 Å². The van der Waals surface area contributed by atoms with Crippen LogP contribution in [0.1, 0.15) is 30.0 Å². The Kier molecular flexibility index (Phi) is 4.80. The number of nitrogens with zero attached hydrogens (tertiary/aromatic N) is 2. The summed E-state index contributed by atoms with van der Waals surface area (Å²) in [7, 11) is 0. The van der Waals surface area contributed by atoms with Gasteiger partial charge in [-0.1, -0.05) is 11.6 Å². The highest BCUT2D eigenvalue weighted by atomic mass is 35.5. The number of hydrogen-bond acceptors (Lipinski definition) is 4. The lowest BCUT2D eigenvalue weighted by atomic mass is 10.1. The van der Waals surface area contributed by atoms with Gasteiger partial charge in [0, 0.05) is 33.4 Å². The average Bonchev–Trinajstić information content (AvgIpc) is 2.37. The maximum atomic E-state index is 5.85. The SMILES string of the molecule is Cc1nc(CSc2ccc(Cl)cc2)ncc1C(C)N. The predicted octanol–water partition coefficient (Wildman–Crippen LogP) is 3.75. The van der Waals surface area contributed by atoms with Gasteiger partial charge in [-0.05, 0) is 38.1 Å². The van der Waals surface area contributed by atoms with Crippen LogP contribution in [0.3, 0.4) is 0 Å². The summed E-state index contributed by atoms with van der Waals surface area (Å²) in [6, 6.07) is 7.73. The number of thioether (sulfide) groups is 1. The lowest BCUT2D eigenvalue weighted by Crippen LogP contribution is -2.10. The highest BCUT2D eigenvalue weighted by molar-refractivity contribution is 7.98. The maximum absolute atomic E-state index is 5.85. The molecule has 2 N–H and O–H groups in total. The summed E-state index contributed by atoms with van der Waals surface area (Å²) in [6.45, 7) is 3.91. The van der Waals surface area contributed by atoms with Gasteiger partial charge in [0.25, 0.3) is 0 Å². The molecule has 0 saturated heterocycles. The molecule has 0 aliphatic rings. The topological polar surface area (TPSA) is 51.8 Å². The third-order valence-corrected chi connectivity index (χ3v) is 4.00. The largest absolute Gasteiger partial charge is 0.324 e. The van der Waals surface area contributed by atoms with E-state index >= 15 is 0 Å². The Balaban J connectivity index is 2.04. The lowest BCUT2D eigenvalue weighted by Gasteiger charge is -2.09. The van der Waals surface area contributed by atoms with Gasteiger partial charge >= 0.3 is 0 Å². The third kappa shape index (κ3) is 3.93. The molecule has 2 aromatic rings. The van der Waals surface area contributed by atoms with Crippen LogP contribution in [0.5, 0.6) is 0 Å². The zero-order valence-corrected chi connectivity index (χ0v) is 12.5. The van der Waals surface area contributed by atoms with Gasteiger partial charge < -0.3 is 5.73 Å². The van der Waals surface area contributed by atoms with Crippen LogP contribution in [0.2, 0.25) is 5.02 Å². The maximum Gasteiger partial charge on any atom is 0.138 e. The fourth-order valence-corrected chi connectivity index (χ4v) is 2.61. The molecule has 0 amide bonds. The van der Waals surface area contributed by atoms with Gasteiger partial charge in [-0.2, -0.15) is 0 Å². The second-order valence-corrected chi connectivity index (χ2v) is 5.84. The summed E-state index contributed by atoms with van der Waals surface area (Å²) in [4.78, 5) is 10.00. The molecule has 0 fully saturated rings. The minimum atomic E-state index is -0.0297. The van der Waals surface area contributed by atoms with Crippen molar-refractivity contribution < 1.29 is 0 Å². The predicted molar refractivity (Wildman–Crippen MR) is 80.4 cm³/mol. The van der Waals surface area contributed by atoms with Crippen molar-refractivity contribution in [3.05, 3.63) is 52.6 Å². The summed E-state index contributed by atoms with van der Waals surface area (Å²) in [5.74, 6) is 1.56.